The predicted octanol–water partition coefficient (Wildman–Crippen LogP) is 2.34. The Bertz CT molecular complexity index is 1360. The van der Waals surface area contributed by atoms with Gasteiger partial charge in [-0.1, -0.05) is 12.1 Å². The van der Waals surface area contributed by atoms with Crippen LogP contribution >= 0.6 is 0 Å². The van der Waals surface area contributed by atoms with Gasteiger partial charge in [-0.3, -0.25) is 9.89 Å². The van der Waals surface area contributed by atoms with Crippen molar-refractivity contribution in [1.82, 2.24) is 30.0 Å². The fraction of sp³-hybridized carbons (Fsp3) is 0.261. The van der Waals surface area contributed by atoms with E-state index in [0.717, 1.165) is 27.5 Å². The van der Waals surface area contributed by atoms with Gasteiger partial charge in [-0.25, -0.2) is 23.3 Å². The number of halogens is 2. The summed E-state index contributed by atoms with van der Waals surface area (Å²) in [7, 11) is 0. The second-order valence-corrected chi connectivity index (χ2v) is 8.68. The zero-order valence-electron chi connectivity index (χ0n) is 18.6. The number of aromatic nitrogens is 6. The van der Waals surface area contributed by atoms with Gasteiger partial charge in [0.15, 0.2) is 0 Å². The number of benzene rings is 1. The fourth-order valence-electron chi connectivity index (χ4n) is 4.29. The van der Waals surface area contributed by atoms with Crippen LogP contribution < -0.4 is 14.8 Å². The summed E-state index contributed by atoms with van der Waals surface area (Å²) in [4.78, 5) is 27.8. The van der Waals surface area contributed by atoms with Crippen molar-refractivity contribution in [2.45, 2.75) is 19.0 Å². The number of nitrogens with one attached hydrogen (secondary N) is 3. The van der Waals surface area contributed by atoms with Gasteiger partial charge in [-0.05, 0) is 23.8 Å². The van der Waals surface area contributed by atoms with E-state index in [-0.39, 0.29) is 0 Å². The number of amides is 1. The number of anilines is 3. The molecular formula is C23H22F2N9O+. The monoisotopic (exact) mass is 478 g/mol. The molecule has 178 valence electrons. The van der Waals surface area contributed by atoms with Crippen LogP contribution in [0.5, 0.6) is 0 Å². The van der Waals surface area contributed by atoms with E-state index < -0.39 is 24.9 Å². The van der Waals surface area contributed by atoms with Crippen LogP contribution in [0.25, 0.3) is 11.1 Å². The molecule has 1 saturated heterocycles. The Morgan fingerprint density at radius 2 is 1.97 bits per heavy atom. The molecule has 3 aromatic heterocycles. The van der Waals surface area contributed by atoms with Gasteiger partial charge in [-0.15, -0.1) is 0 Å². The third-order valence-corrected chi connectivity index (χ3v) is 6.14. The molecule has 0 bridgehead atoms. The topological polar surface area (TPSA) is 110 Å². The highest BCUT2D eigenvalue weighted by molar-refractivity contribution is 5.92. The minimum Gasteiger partial charge on any atom is -0.340 e. The summed E-state index contributed by atoms with van der Waals surface area (Å²) in [5.74, 6) is -1.19. The SMILES string of the molecule is O=C(c1c[n+]2c([nH]1)CN(c1nccc(Nc3ccc(-c4cn[nH]c4)cc3)n1)CC2)N1CC(F)(F)C1. The van der Waals surface area contributed by atoms with Gasteiger partial charge in [0.2, 0.25) is 11.6 Å². The molecule has 10 nitrogen and oxygen atoms in total. The average Bonchev–Trinajstić information content (AvgIpc) is 3.52. The van der Waals surface area contributed by atoms with Crippen molar-refractivity contribution < 1.29 is 18.1 Å². The molecule has 12 heteroatoms. The van der Waals surface area contributed by atoms with Gasteiger partial charge < -0.3 is 15.1 Å². The summed E-state index contributed by atoms with van der Waals surface area (Å²) in [5, 5.41) is 10.1. The maximum Gasteiger partial charge on any atom is 0.297 e. The number of fused-ring (bicyclic) bond motifs is 1. The molecule has 0 aliphatic carbocycles. The molecule has 1 fully saturated rings. The average molecular weight is 478 g/mol. The highest BCUT2D eigenvalue weighted by Crippen LogP contribution is 2.28. The minimum atomic E-state index is -2.79. The molecule has 3 N–H and O–H groups in total. The van der Waals surface area contributed by atoms with Gasteiger partial charge in [-0.2, -0.15) is 10.1 Å². The Kier molecular flexibility index (Phi) is 4.94. The van der Waals surface area contributed by atoms with E-state index in [4.69, 9.17) is 0 Å². The Hall–Kier alpha value is -4.35. The molecule has 35 heavy (non-hydrogen) atoms. The number of carbonyl (C=O) groups excluding carboxylic acids is 1. The van der Waals surface area contributed by atoms with Gasteiger partial charge in [0, 0.05) is 23.6 Å². The van der Waals surface area contributed by atoms with E-state index in [1.807, 2.05) is 39.9 Å². The summed E-state index contributed by atoms with van der Waals surface area (Å²) in [6.45, 7) is 0.657. The lowest BCUT2D eigenvalue weighted by molar-refractivity contribution is -0.704. The lowest BCUT2D eigenvalue weighted by Gasteiger charge is -2.37. The molecule has 5 heterocycles. The maximum absolute atomic E-state index is 13.1. The number of hydrogen-bond donors (Lipinski definition) is 3. The van der Waals surface area contributed by atoms with Crippen molar-refractivity contribution in [3.63, 3.8) is 0 Å². The smallest absolute Gasteiger partial charge is 0.297 e. The standard InChI is InChI=1S/C23H21F2N9O/c24-23(25)13-34(14-23)21(35)18-11-32-7-8-33(12-20(32)30-18)22-26-6-5-19(31-22)29-17-3-1-15(2-4-17)16-9-27-28-10-16/h1-6,9-11H,7-8,12-14H2,(H2,26,27,28,29,31)/p+1. The second-order valence-electron chi connectivity index (χ2n) is 8.68. The van der Waals surface area contributed by atoms with E-state index >= 15 is 0 Å². The lowest BCUT2D eigenvalue weighted by atomic mass is 10.1. The number of rotatable bonds is 5. The molecule has 0 saturated carbocycles. The van der Waals surface area contributed by atoms with Crippen LogP contribution in [0.1, 0.15) is 16.3 Å². The normalized spacial score (nSPS) is 16.5. The van der Waals surface area contributed by atoms with E-state index in [9.17, 15) is 13.6 Å². The summed E-state index contributed by atoms with van der Waals surface area (Å²) in [5.41, 5.74) is 3.27. The van der Waals surface area contributed by atoms with Crippen molar-refractivity contribution in [2.24, 2.45) is 0 Å². The van der Waals surface area contributed by atoms with Crippen LogP contribution in [0, 0.1) is 0 Å². The highest BCUT2D eigenvalue weighted by atomic mass is 19.3. The molecule has 6 rings (SSSR count). The zero-order valence-corrected chi connectivity index (χ0v) is 18.6. The number of carbonyl (C=O) groups is 1. The van der Waals surface area contributed by atoms with Crippen molar-refractivity contribution in [2.75, 3.05) is 29.9 Å². The molecule has 2 aliphatic rings. The van der Waals surface area contributed by atoms with Crippen molar-refractivity contribution in [3.8, 4) is 11.1 Å². The van der Waals surface area contributed by atoms with E-state index in [1.54, 1.807) is 24.7 Å². The first-order chi connectivity index (χ1) is 16.9. The second kappa shape index (κ2) is 8.15. The molecule has 0 atom stereocenters. The van der Waals surface area contributed by atoms with Gasteiger partial charge >= 0.3 is 0 Å². The Morgan fingerprint density at radius 3 is 2.71 bits per heavy atom. The molecule has 2 aliphatic heterocycles. The Balaban J connectivity index is 1.13. The van der Waals surface area contributed by atoms with E-state index in [0.29, 0.717) is 37.1 Å². The van der Waals surface area contributed by atoms with Crippen LogP contribution in [0.2, 0.25) is 0 Å². The van der Waals surface area contributed by atoms with E-state index in [1.165, 1.54) is 0 Å². The van der Waals surface area contributed by atoms with E-state index in [2.05, 4.69) is 30.5 Å². The number of aromatic amines is 2. The van der Waals surface area contributed by atoms with Gasteiger partial charge in [0.1, 0.15) is 25.1 Å². The first-order valence-electron chi connectivity index (χ1n) is 11.2. The van der Waals surface area contributed by atoms with Crippen LogP contribution in [-0.4, -0.2) is 61.5 Å². The Morgan fingerprint density at radius 1 is 1.14 bits per heavy atom. The maximum atomic E-state index is 13.1. The largest absolute Gasteiger partial charge is 0.340 e. The van der Waals surface area contributed by atoms with Crippen molar-refractivity contribution >= 4 is 23.4 Å². The molecule has 0 unspecified atom stereocenters. The number of alkyl halides is 2. The summed E-state index contributed by atoms with van der Waals surface area (Å²) in [6, 6.07) is 9.75. The van der Waals surface area contributed by atoms with Gasteiger partial charge in [0.05, 0.1) is 25.8 Å². The predicted molar refractivity (Wildman–Crippen MR) is 122 cm³/mol. The van der Waals surface area contributed by atoms with Crippen LogP contribution in [0.4, 0.5) is 26.2 Å². The quantitative estimate of drug-likeness (QED) is 0.380. The number of likely N-dealkylation sites (tertiary alicyclic amines) is 1. The van der Waals surface area contributed by atoms with Gasteiger partial charge in [0.25, 0.3) is 17.7 Å². The molecule has 4 aromatic rings. The molecule has 0 spiro atoms. The Labute approximate surface area is 198 Å². The first kappa shape index (κ1) is 21.2. The number of nitrogens with zero attached hydrogens (tertiary/aromatic N) is 6. The van der Waals surface area contributed by atoms with Crippen molar-refractivity contribution in [3.05, 3.63) is 66.6 Å². The zero-order chi connectivity index (χ0) is 24.0. The molecule has 1 aromatic carbocycles. The van der Waals surface area contributed by atoms with Crippen molar-refractivity contribution in [1.29, 1.82) is 0 Å². The van der Waals surface area contributed by atoms with Crippen LogP contribution in [0.15, 0.2) is 55.1 Å². The van der Waals surface area contributed by atoms with Crippen LogP contribution in [0.3, 0.4) is 0 Å². The highest BCUT2D eigenvalue weighted by Gasteiger charge is 2.47. The summed E-state index contributed by atoms with van der Waals surface area (Å²) < 4.78 is 28.2. The number of H-pyrrole nitrogens is 2. The molecular weight excluding hydrogens is 456 g/mol. The third-order valence-electron chi connectivity index (χ3n) is 6.14. The first-order valence-corrected chi connectivity index (χ1v) is 11.2. The molecule has 1 amide bonds. The number of imidazole rings is 1. The minimum absolute atomic E-state index is 0.313. The summed E-state index contributed by atoms with van der Waals surface area (Å²) >= 11 is 0. The summed E-state index contributed by atoms with van der Waals surface area (Å²) in [6.07, 6.45) is 7.00. The number of hydrogen-bond acceptors (Lipinski definition) is 6. The molecule has 0 radical (unpaired) electrons. The van der Waals surface area contributed by atoms with Crippen LogP contribution in [-0.2, 0) is 13.1 Å². The fourth-order valence-corrected chi connectivity index (χ4v) is 4.29. The lowest BCUT2D eigenvalue weighted by Crippen LogP contribution is -2.58. The third kappa shape index (κ3) is 4.18.